The Hall–Kier alpha value is -1.31. The molecule has 1 atom stereocenters. The summed E-state index contributed by atoms with van der Waals surface area (Å²) in [5, 5.41) is 2.93. The number of carbonyl (C=O) groups is 1. The fourth-order valence-corrected chi connectivity index (χ4v) is 1.91. The maximum Gasteiger partial charge on any atom is 0.232 e. The minimum atomic E-state index is 0.0647. The van der Waals surface area contributed by atoms with E-state index in [1.807, 2.05) is 32.0 Å². The van der Waals surface area contributed by atoms with Crippen LogP contribution in [-0.4, -0.2) is 5.91 Å². The van der Waals surface area contributed by atoms with Gasteiger partial charge in [0, 0.05) is 5.69 Å². The van der Waals surface area contributed by atoms with Crippen LogP contribution >= 0.6 is 0 Å². The zero-order chi connectivity index (χ0) is 9.42. The van der Waals surface area contributed by atoms with Gasteiger partial charge in [-0.2, -0.15) is 0 Å². The van der Waals surface area contributed by atoms with Gasteiger partial charge >= 0.3 is 0 Å². The van der Waals surface area contributed by atoms with Crippen LogP contribution in [0.3, 0.4) is 0 Å². The van der Waals surface area contributed by atoms with Gasteiger partial charge in [0.15, 0.2) is 0 Å². The fraction of sp³-hybridized carbons (Fsp3) is 0.364. The number of carbonyl (C=O) groups excluding carboxylic acids is 1. The first-order valence-corrected chi connectivity index (χ1v) is 4.64. The van der Waals surface area contributed by atoms with Gasteiger partial charge in [0.2, 0.25) is 5.91 Å². The van der Waals surface area contributed by atoms with Crippen LogP contribution in [0.15, 0.2) is 18.2 Å². The van der Waals surface area contributed by atoms with E-state index in [2.05, 4.69) is 5.32 Å². The largest absolute Gasteiger partial charge is 0.325 e. The van der Waals surface area contributed by atoms with Crippen molar-refractivity contribution in [2.24, 2.45) is 0 Å². The zero-order valence-electron chi connectivity index (χ0n) is 7.92. The first kappa shape index (κ1) is 8.30. The second-order valence-electron chi connectivity index (χ2n) is 3.49. The predicted octanol–water partition coefficient (Wildman–Crippen LogP) is 2.44. The van der Waals surface area contributed by atoms with Crippen LogP contribution in [0.4, 0.5) is 5.69 Å². The first-order valence-electron chi connectivity index (χ1n) is 4.64. The third-order valence-electron chi connectivity index (χ3n) is 2.65. The second-order valence-corrected chi connectivity index (χ2v) is 3.49. The highest BCUT2D eigenvalue weighted by Gasteiger charge is 2.29. The quantitative estimate of drug-likeness (QED) is 0.697. The Kier molecular flexibility index (Phi) is 1.83. The van der Waals surface area contributed by atoms with Crippen molar-refractivity contribution in [3.8, 4) is 0 Å². The van der Waals surface area contributed by atoms with E-state index in [9.17, 15) is 4.79 Å². The summed E-state index contributed by atoms with van der Waals surface area (Å²) in [5.41, 5.74) is 3.34. The van der Waals surface area contributed by atoms with Crippen LogP contribution in [0.5, 0.6) is 0 Å². The van der Waals surface area contributed by atoms with Gasteiger partial charge in [0.05, 0.1) is 5.92 Å². The van der Waals surface area contributed by atoms with E-state index < -0.39 is 0 Å². The zero-order valence-corrected chi connectivity index (χ0v) is 7.92. The third kappa shape index (κ3) is 1.13. The van der Waals surface area contributed by atoms with Crippen molar-refractivity contribution in [1.82, 2.24) is 0 Å². The van der Waals surface area contributed by atoms with E-state index >= 15 is 0 Å². The number of nitrogens with one attached hydrogen (secondary N) is 1. The molecule has 0 spiro atoms. The van der Waals surface area contributed by atoms with E-state index in [1.165, 1.54) is 0 Å². The molecule has 0 saturated carbocycles. The molecule has 68 valence electrons. The maximum atomic E-state index is 11.5. The van der Waals surface area contributed by atoms with Gasteiger partial charge in [-0.05, 0) is 24.5 Å². The standard InChI is InChI=1S/C11H13NO/c1-3-8-9-6-4-5-7(2)10(9)12-11(8)13/h4-6,8H,3H2,1-2H3,(H,12,13)/t8-/m1/s1. The Bertz CT molecular complexity index is 357. The summed E-state index contributed by atoms with van der Waals surface area (Å²) >= 11 is 0. The van der Waals surface area contributed by atoms with Crippen LogP contribution in [0.1, 0.15) is 30.4 Å². The highest BCUT2D eigenvalue weighted by molar-refractivity contribution is 6.03. The number of hydrogen-bond acceptors (Lipinski definition) is 1. The maximum absolute atomic E-state index is 11.5. The SMILES string of the molecule is CC[C@H]1C(=O)Nc2c(C)cccc21. The van der Waals surface area contributed by atoms with Gasteiger partial charge in [0.25, 0.3) is 0 Å². The normalized spacial score (nSPS) is 19.8. The molecule has 1 aliphatic rings. The number of hydrogen-bond donors (Lipinski definition) is 1. The smallest absolute Gasteiger partial charge is 0.232 e. The highest BCUT2D eigenvalue weighted by Crippen LogP contribution is 2.36. The average molecular weight is 175 g/mol. The first-order chi connectivity index (χ1) is 6.24. The van der Waals surface area contributed by atoms with Crippen molar-refractivity contribution in [3.63, 3.8) is 0 Å². The summed E-state index contributed by atoms with van der Waals surface area (Å²) < 4.78 is 0. The van der Waals surface area contributed by atoms with Crippen molar-refractivity contribution >= 4 is 11.6 Å². The van der Waals surface area contributed by atoms with E-state index in [0.29, 0.717) is 0 Å². The molecule has 0 saturated heterocycles. The molecule has 13 heavy (non-hydrogen) atoms. The summed E-state index contributed by atoms with van der Waals surface area (Å²) in [5.74, 6) is 0.210. The van der Waals surface area contributed by atoms with Crippen molar-refractivity contribution in [3.05, 3.63) is 29.3 Å². The Labute approximate surface area is 78.0 Å². The van der Waals surface area contributed by atoms with E-state index in [0.717, 1.165) is 23.2 Å². The molecular formula is C11H13NO. The Balaban J connectivity index is 2.54. The van der Waals surface area contributed by atoms with Gasteiger partial charge in [-0.3, -0.25) is 4.79 Å². The molecule has 2 nitrogen and oxygen atoms in total. The molecule has 1 aliphatic heterocycles. The van der Waals surface area contributed by atoms with Crippen molar-refractivity contribution in [2.45, 2.75) is 26.2 Å². The molecule has 0 radical (unpaired) electrons. The summed E-state index contributed by atoms with van der Waals surface area (Å²) in [6.07, 6.45) is 0.877. The van der Waals surface area contributed by atoms with Crippen LogP contribution in [0.25, 0.3) is 0 Å². The van der Waals surface area contributed by atoms with Gasteiger partial charge in [-0.1, -0.05) is 25.1 Å². The molecule has 0 bridgehead atoms. The number of rotatable bonds is 1. The van der Waals surface area contributed by atoms with E-state index in [4.69, 9.17) is 0 Å². The van der Waals surface area contributed by atoms with Crippen molar-refractivity contribution in [1.29, 1.82) is 0 Å². The molecule has 0 aromatic heterocycles. The molecular weight excluding hydrogens is 162 g/mol. The van der Waals surface area contributed by atoms with Crippen LogP contribution in [0, 0.1) is 6.92 Å². The summed E-state index contributed by atoms with van der Waals surface area (Å²) in [6, 6.07) is 6.07. The van der Waals surface area contributed by atoms with Gasteiger partial charge < -0.3 is 5.32 Å². The highest BCUT2D eigenvalue weighted by atomic mass is 16.2. The van der Waals surface area contributed by atoms with Crippen molar-refractivity contribution in [2.75, 3.05) is 5.32 Å². The van der Waals surface area contributed by atoms with Gasteiger partial charge in [-0.25, -0.2) is 0 Å². The van der Waals surface area contributed by atoms with E-state index in [1.54, 1.807) is 0 Å². The Morgan fingerprint density at radius 3 is 2.92 bits per heavy atom. The Morgan fingerprint density at radius 2 is 2.23 bits per heavy atom. The van der Waals surface area contributed by atoms with Crippen LogP contribution in [-0.2, 0) is 4.79 Å². The number of benzene rings is 1. The molecule has 0 unspecified atom stereocenters. The number of aryl methyl sites for hydroxylation is 1. The lowest BCUT2D eigenvalue weighted by Crippen LogP contribution is -2.10. The van der Waals surface area contributed by atoms with Crippen molar-refractivity contribution < 1.29 is 4.79 Å². The summed E-state index contributed by atoms with van der Waals surface area (Å²) in [4.78, 5) is 11.5. The molecule has 1 amide bonds. The molecule has 0 aliphatic carbocycles. The lowest BCUT2D eigenvalue weighted by Gasteiger charge is -2.04. The molecule has 2 rings (SSSR count). The predicted molar refractivity (Wildman–Crippen MR) is 52.8 cm³/mol. The molecule has 1 aromatic carbocycles. The monoisotopic (exact) mass is 175 g/mol. The minimum Gasteiger partial charge on any atom is -0.325 e. The Morgan fingerprint density at radius 1 is 1.46 bits per heavy atom. The average Bonchev–Trinajstić information content (AvgIpc) is 2.43. The van der Waals surface area contributed by atoms with Crippen LogP contribution < -0.4 is 5.32 Å². The molecule has 0 fully saturated rings. The number of anilines is 1. The fourth-order valence-electron chi connectivity index (χ4n) is 1.91. The van der Waals surface area contributed by atoms with Gasteiger partial charge in [0.1, 0.15) is 0 Å². The minimum absolute atomic E-state index is 0.0647. The summed E-state index contributed by atoms with van der Waals surface area (Å²) in [6.45, 7) is 4.07. The molecule has 1 aromatic rings. The topological polar surface area (TPSA) is 29.1 Å². The molecule has 1 heterocycles. The van der Waals surface area contributed by atoms with Gasteiger partial charge in [-0.15, -0.1) is 0 Å². The lowest BCUT2D eigenvalue weighted by molar-refractivity contribution is -0.117. The van der Waals surface area contributed by atoms with Crippen LogP contribution in [0.2, 0.25) is 0 Å². The number of para-hydroxylation sites is 1. The number of fused-ring (bicyclic) bond motifs is 1. The molecule has 1 N–H and O–H groups in total. The third-order valence-corrected chi connectivity index (χ3v) is 2.65. The second kappa shape index (κ2) is 2.87. The lowest BCUT2D eigenvalue weighted by atomic mass is 9.97. The molecule has 2 heteroatoms. The number of amides is 1. The van der Waals surface area contributed by atoms with E-state index in [-0.39, 0.29) is 11.8 Å². The summed E-state index contributed by atoms with van der Waals surface area (Å²) in [7, 11) is 0.